The van der Waals surface area contributed by atoms with E-state index in [1.807, 2.05) is 0 Å². The first kappa shape index (κ1) is 18.0. The van der Waals surface area contributed by atoms with Crippen LogP contribution in [0.5, 0.6) is 0 Å². The summed E-state index contributed by atoms with van der Waals surface area (Å²) in [6, 6.07) is 0. The second-order valence-electron chi connectivity index (χ2n) is 1.82. The van der Waals surface area contributed by atoms with Gasteiger partial charge < -0.3 is 5.11 Å². The predicted octanol–water partition coefficient (Wildman–Crippen LogP) is 1.62. The molecule has 0 radical (unpaired) electrons. The third-order valence-corrected chi connectivity index (χ3v) is 2.41. The fourth-order valence-corrected chi connectivity index (χ4v) is 1.02. The zero-order valence-corrected chi connectivity index (χ0v) is 11.3. The van der Waals surface area contributed by atoms with E-state index < -0.39 is 22.2 Å². The lowest BCUT2D eigenvalue weighted by atomic mass is 10.9. The van der Waals surface area contributed by atoms with Crippen LogP contribution in [0, 0.1) is 0 Å². The quantitative estimate of drug-likeness (QED) is 0.456. The largest absolute Gasteiger partial charge is 0.523 e. The van der Waals surface area contributed by atoms with Crippen LogP contribution >= 0.6 is 31.9 Å². The lowest BCUT2D eigenvalue weighted by molar-refractivity contribution is -0.0538. The molecule has 0 rings (SSSR count). The molecule has 94 valence electrons. The molecule has 0 heterocycles. The average molecular weight is 382 g/mol. The Balaban J connectivity index is 0. The summed E-state index contributed by atoms with van der Waals surface area (Å²) in [6.45, 7) is -0.290. The number of rotatable bonds is 4. The van der Waals surface area contributed by atoms with Crippen molar-refractivity contribution in [1.29, 1.82) is 0 Å². The third kappa shape index (κ3) is 9.54. The molecule has 0 spiro atoms. The molecule has 0 aliphatic carbocycles. The minimum absolute atomic E-state index is 0.0301. The molecule has 0 atom stereocenters. The van der Waals surface area contributed by atoms with Gasteiger partial charge in [-0.15, -0.1) is 0 Å². The van der Waals surface area contributed by atoms with Crippen molar-refractivity contribution in [2.75, 3.05) is 23.9 Å². The van der Waals surface area contributed by atoms with Gasteiger partial charge in [0, 0.05) is 10.7 Å². The number of aliphatic hydroxyl groups is 1. The lowest BCUT2D eigenvalue weighted by Crippen LogP contribution is -2.26. The highest BCUT2D eigenvalue weighted by Gasteiger charge is 2.47. The van der Waals surface area contributed by atoms with E-state index in [0.29, 0.717) is 5.33 Å². The molecule has 0 aromatic rings. The van der Waals surface area contributed by atoms with Crippen molar-refractivity contribution in [1.82, 2.24) is 0 Å². The number of hydrogen-bond donors (Lipinski definition) is 1. The van der Waals surface area contributed by atoms with Crippen molar-refractivity contribution in [3.63, 3.8) is 0 Å². The maximum atomic E-state index is 11.4. The number of aliphatic hydroxyl groups excluding tert-OH is 1. The summed E-state index contributed by atoms with van der Waals surface area (Å²) in [5.41, 5.74) is -5.32. The van der Waals surface area contributed by atoms with E-state index >= 15 is 0 Å². The Morgan fingerprint density at radius 2 is 1.60 bits per heavy atom. The van der Waals surface area contributed by atoms with Crippen LogP contribution in [0.25, 0.3) is 0 Å². The van der Waals surface area contributed by atoms with Gasteiger partial charge in [0.15, 0.2) is 0 Å². The van der Waals surface area contributed by atoms with Crippen LogP contribution in [0.3, 0.4) is 0 Å². The van der Waals surface area contributed by atoms with Crippen LogP contribution in [0.1, 0.15) is 0 Å². The average Bonchev–Trinajstić information content (AvgIpc) is 2.13. The molecular formula is C5H9Br2F3O4S. The number of alkyl halides is 5. The van der Waals surface area contributed by atoms with E-state index in [1.165, 1.54) is 0 Å². The maximum Gasteiger partial charge on any atom is 0.523 e. The Labute approximate surface area is 102 Å². The molecule has 4 nitrogen and oxygen atoms in total. The normalized spacial score (nSPS) is 11.9. The predicted molar refractivity (Wildman–Crippen MR) is 55.6 cm³/mol. The second-order valence-corrected chi connectivity index (χ2v) is 5.02. The van der Waals surface area contributed by atoms with E-state index in [2.05, 4.69) is 36.0 Å². The Kier molecular flexibility index (Phi) is 10.5. The Bertz CT molecular complexity index is 239. The standard InChI is InChI=1S/C3H4BrF3O3S.C2H5BrO/c4-1-2-10-11(8,9)3(5,6)7;3-1-2-4/h1-2H2;4H,1-2H2. The second kappa shape index (κ2) is 8.74. The first-order valence-electron chi connectivity index (χ1n) is 3.41. The van der Waals surface area contributed by atoms with E-state index in [-0.39, 0.29) is 11.9 Å². The van der Waals surface area contributed by atoms with E-state index in [9.17, 15) is 21.6 Å². The summed E-state index contributed by atoms with van der Waals surface area (Å²) in [7, 11) is -5.39. The Hall–Kier alpha value is 0.620. The van der Waals surface area contributed by atoms with Gasteiger partial charge >= 0.3 is 15.6 Å². The van der Waals surface area contributed by atoms with Gasteiger partial charge in [0.1, 0.15) is 0 Å². The highest BCUT2D eigenvalue weighted by molar-refractivity contribution is 9.09. The zero-order chi connectivity index (χ0) is 12.5. The molecule has 0 aliphatic heterocycles. The van der Waals surface area contributed by atoms with Gasteiger partial charge in [0.2, 0.25) is 0 Å². The lowest BCUT2D eigenvalue weighted by Gasteiger charge is -2.05. The SMILES string of the molecule is O=S(=O)(OCCBr)C(F)(F)F.OCCBr. The van der Waals surface area contributed by atoms with Gasteiger partial charge in [-0.3, -0.25) is 4.18 Å². The molecule has 10 heteroatoms. The van der Waals surface area contributed by atoms with Crippen molar-refractivity contribution in [2.24, 2.45) is 0 Å². The minimum Gasteiger partial charge on any atom is -0.396 e. The smallest absolute Gasteiger partial charge is 0.396 e. The van der Waals surface area contributed by atoms with Crippen molar-refractivity contribution >= 4 is 42.0 Å². The van der Waals surface area contributed by atoms with E-state index in [0.717, 1.165) is 0 Å². The molecule has 0 saturated heterocycles. The monoisotopic (exact) mass is 380 g/mol. The zero-order valence-electron chi connectivity index (χ0n) is 7.30. The molecule has 0 unspecified atom stereocenters. The van der Waals surface area contributed by atoms with E-state index in [4.69, 9.17) is 5.11 Å². The van der Waals surface area contributed by atoms with Crippen molar-refractivity contribution < 1.29 is 30.9 Å². The van der Waals surface area contributed by atoms with Crippen LogP contribution in [-0.4, -0.2) is 42.9 Å². The molecule has 1 N–H and O–H groups in total. The first-order chi connectivity index (χ1) is 6.72. The summed E-state index contributed by atoms with van der Waals surface area (Å²) >= 11 is 5.71. The highest BCUT2D eigenvalue weighted by atomic mass is 79.9. The maximum absolute atomic E-state index is 11.4. The fourth-order valence-electron chi connectivity index (χ4n) is 0.208. The molecule has 0 saturated carbocycles. The van der Waals surface area contributed by atoms with Crippen molar-refractivity contribution in [3.05, 3.63) is 0 Å². The molecule has 0 fully saturated rings. The van der Waals surface area contributed by atoms with Gasteiger partial charge in [0.05, 0.1) is 13.2 Å². The van der Waals surface area contributed by atoms with Gasteiger partial charge in [0.25, 0.3) is 0 Å². The highest BCUT2D eigenvalue weighted by Crippen LogP contribution is 2.24. The fraction of sp³-hybridized carbons (Fsp3) is 1.00. The summed E-state index contributed by atoms with van der Waals surface area (Å²) in [4.78, 5) is 0. The number of hydrogen-bond acceptors (Lipinski definition) is 4. The summed E-state index contributed by atoms with van der Waals surface area (Å²) < 4.78 is 57.9. The van der Waals surface area contributed by atoms with Crippen molar-refractivity contribution in [3.8, 4) is 0 Å². The summed E-state index contributed by atoms with van der Waals surface area (Å²) in [5.74, 6) is 0. The number of halogens is 5. The Morgan fingerprint density at radius 1 is 1.20 bits per heavy atom. The summed E-state index contributed by atoms with van der Waals surface area (Å²) in [6.07, 6.45) is 0. The van der Waals surface area contributed by atoms with Crippen molar-refractivity contribution in [2.45, 2.75) is 5.51 Å². The van der Waals surface area contributed by atoms with Crippen LogP contribution in [0.4, 0.5) is 13.2 Å². The first-order valence-corrected chi connectivity index (χ1v) is 7.06. The minimum atomic E-state index is -5.39. The van der Waals surface area contributed by atoms with Crippen LogP contribution in [0.2, 0.25) is 0 Å². The topological polar surface area (TPSA) is 63.6 Å². The molecule has 0 aliphatic rings. The van der Waals surface area contributed by atoms with Gasteiger partial charge in [-0.1, -0.05) is 31.9 Å². The van der Waals surface area contributed by atoms with Crippen LogP contribution in [-0.2, 0) is 14.3 Å². The van der Waals surface area contributed by atoms with Crippen LogP contribution in [0.15, 0.2) is 0 Å². The molecule has 0 aromatic heterocycles. The molecule has 0 amide bonds. The Morgan fingerprint density at radius 3 is 1.80 bits per heavy atom. The molecule has 0 aromatic carbocycles. The van der Waals surface area contributed by atoms with Gasteiger partial charge in [-0.25, -0.2) is 0 Å². The molecular weight excluding hydrogens is 373 g/mol. The third-order valence-electron chi connectivity index (χ3n) is 0.684. The summed E-state index contributed by atoms with van der Waals surface area (Å²) in [5, 5.41) is 8.55. The van der Waals surface area contributed by atoms with Crippen LogP contribution < -0.4 is 0 Å². The van der Waals surface area contributed by atoms with Gasteiger partial charge in [-0.05, 0) is 0 Å². The van der Waals surface area contributed by atoms with E-state index in [1.54, 1.807) is 0 Å². The van der Waals surface area contributed by atoms with Gasteiger partial charge in [-0.2, -0.15) is 21.6 Å². The molecule has 0 bridgehead atoms. The molecule has 15 heavy (non-hydrogen) atoms.